The number of rotatable bonds is 10. The van der Waals surface area contributed by atoms with Crippen molar-refractivity contribution < 1.29 is 18.3 Å². The van der Waals surface area contributed by atoms with Crippen LogP contribution in [0.4, 0.5) is 0 Å². The fourth-order valence-corrected chi connectivity index (χ4v) is 4.02. The number of hydrogen-bond acceptors (Lipinski definition) is 4. The lowest BCUT2D eigenvalue weighted by atomic mass is 9.91. The zero-order valence-electron chi connectivity index (χ0n) is 13.2. The Labute approximate surface area is 146 Å². The molecule has 1 aromatic carbocycles. The quantitative estimate of drug-likeness (QED) is 0.609. The van der Waals surface area contributed by atoms with E-state index in [1.54, 1.807) is 25.6 Å². The van der Waals surface area contributed by atoms with Crippen molar-refractivity contribution in [3.8, 4) is 0 Å². The predicted octanol–water partition coefficient (Wildman–Crippen LogP) is 3.24. The topological polar surface area (TPSA) is 83.5 Å². The molecule has 0 fully saturated rings. The van der Waals surface area contributed by atoms with E-state index in [1.165, 1.54) is 24.3 Å². The van der Waals surface area contributed by atoms with E-state index in [0.29, 0.717) is 24.4 Å². The molecule has 0 radical (unpaired) electrons. The summed E-state index contributed by atoms with van der Waals surface area (Å²) < 4.78 is 26.6. The van der Waals surface area contributed by atoms with Gasteiger partial charge in [-0.3, -0.25) is 4.79 Å². The smallest absolute Gasteiger partial charge is 0.309 e. The molecular weight excluding hydrogens is 358 g/mol. The number of thioether (sulfide) groups is 1. The van der Waals surface area contributed by atoms with Gasteiger partial charge in [-0.2, -0.15) is 11.8 Å². The van der Waals surface area contributed by atoms with Gasteiger partial charge in [0.15, 0.2) is 0 Å². The molecule has 0 aliphatic heterocycles. The van der Waals surface area contributed by atoms with Crippen LogP contribution in [0.5, 0.6) is 0 Å². The minimum Gasteiger partial charge on any atom is -0.481 e. The van der Waals surface area contributed by atoms with Crippen molar-refractivity contribution in [2.24, 2.45) is 5.41 Å². The van der Waals surface area contributed by atoms with Gasteiger partial charge in [0.1, 0.15) is 0 Å². The molecule has 0 spiro atoms. The zero-order chi connectivity index (χ0) is 17.5. The Morgan fingerprint density at radius 1 is 1.26 bits per heavy atom. The van der Waals surface area contributed by atoms with Crippen LogP contribution in [0, 0.1) is 5.41 Å². The van der Waals surface area contributed by atoms with Crippen molar-refractivity contribution in [3.63, 3.8) is 0 Å². The summed E-state index contributed by atoms with van der Waals surface area (Å²) in [6.45, 7) is 3.76. The van der Waals surface area contributed by atoms with Gasteiger partial charge in [-0.25, -0.2) is 13.1 Å². The van der Waals surface area contributed by atoms with Crippen LogP contribution in [-0.4, -0.2) is 37.5 Å². The highest BCUT2D eigenvalue weighted by atomic mass is 35.5. The largest absolute Gasteiger partial charge is 0.481 e. The van der Waals surface area contributed by atoms with Gasteiger partial charge in [0.05, 0.1) is 10.3 Å². The van der Waals surface area contributed by atoms with Crippen LogP contribution in [0.25, 0.3) is 0 Å². The first-order chi connectivity index (χ1) is 10.6. The molecule has 5 nitrogen and oxygen atoms in total. The molecule has 1 rings (SSSR count). The van der Waals surface area contributed by atoms with Crippen molar-refractivity contribution in [2.45, 2.75) is 31.6 Å². The molecule has 0 saturated carbocycles. The van der Waals surface area contributed by atoms with Crippen LogP contribution in [0.3, 0.4) is 0 Å². The van der Waals surface area contributed by atoms with Gasteiger partial charge in [0.2, 0.25) is 10.0 Å². The number of sulfonamides is 1. The van der Waals surface area contributed by atoms with E-state index < -0.39 is 21.4 Å². The number of carboxylic acid groups (broad SMARTS) is 1. The number of benzene rings is 1. The lowest BCUT2D eigenvalue weighted by molar-refractivity contribution is -0.146. The van der Waals surface area contributed by atoms with Crippen LogP contribution in [0.2, 0.25) is 5.02 Å². The van der Waals surface area contributed by atoms with Crippen molar-refractivity contribution in [2.75, 3.05) is 18.1 Å². The maximum absolute atomic E-state index is 12.0. The number of hydrogen-bond donors (Lipinski definition) is 2. The molecule has 1 aromatic rings. The van der Waals surface area contributed by atoms with E-state index in [-0.39, 0.29) is 4.90 Å². The highest BCUT2D eigenvalue weighted by Crippen LogP contribution is 2.23. The second kappa shape index (κ2) is 8.92. The molecule has 130 valence electrons. The van der Waals surface area contributed by atoms with Gasteiger partial charge in [0, 0.05) is 11.6 Å². The van der Waals surface area contributed by atoms with Crippen molar-refractivity contribution in [3.05, 3.63) is 29.3 Å². The molecule has 0 amide bonds. The summed E-state index contributed by atoms with van der Waals surface area (Å²) in [4.78, 5) is 11.2. The third kappa shape index (κ3) is 7.12. The predicted molar refractivity (Wildman–Crippen MR) is 94.6 cm³/mol. The Kier molecular flexibility index (Phi) is 7.86. The fraction of sp³-hybridized carbons (Fsp3) is 0.533. The molecule has 0 atom stereocenters. The Balaban J connectivity index is 2.25. The van der Waals surface area contributed by atoms with Crippen LogP contribution in [0.15, 0.2) is 29.2 Å². The molecular formula is C15H22ClNO4S2. The highest BCUT2D eigenvalue weighted by Gasteiger charge is 2.26. The number of nitrogens with one attached hydrogen (secondary N) is 1. The maximum Gasteiger partial charge on any atom is 0.309 e. The van der Waals surface area contributed by atoms with Gasteiger partial charge in [-0.05, 0) is 62.5 Å². The number of carbonyl (C=O) groups is 1. The summed E-state index contributed by atoms with van der Waals surface area (Å²) in [7, 11) is -3.50. The van der Waals surface area contributed by atoms with Crippen molar-refractivity contribution >= 4 is 39.4 Å². The Hall–Kier alpha value is -0.760. The van der Waals surface area contributed by atoms with Gasteiger partial charge in [0.25, 0.3) is 0 Å². The third-order valence-electron chi connectivity index (χ3n) is 3.33. The summed E-state index contributed by atoms with van der Waals surface area (Å²) in [5.41, 5.74) is -0.719. The Bertz CT molecular complexity index is 615. The normalized spacial score (nSPS) is 12.3. The molecule has 0 aromatic heterocycles. The second-order valence-corrected chi connectivity index (χ2v) is 9.18. The van der Waals surface area contributed by atoms with E-state index in [4.69, 9.17) is 16.7 Å². The SMILES string of the molecule is CC(C)(CCSCCCNS(=O)(=O)c1ccc(Cl)cc1)C(=O)O. The van der Waals surface area contributed by atoms with E-state index in [1.807, 2.05) is 0 Å². The highest BCUT2D eigenvalue weighted by molar-refractivity contribution is 7.99. The van der Waals surface area contributed by atoms with Gasteiger partial charge < -0.3 is 5.11 Å². The molecule has 0 heterocycles. The summed E-state index contributed by atoms with van der Waals surface area (Å²) in [6, 6.07) is 6.01. The lowest BCUT2D eigenvalue weighted by Gasteiger charge is -2.18. The molecule has 0 saturated heterocycles. The molecule has 23 heavy (non-hydrogen) atoms. The molecule has 2 N–H and O–H groups in total. The van der Waals surface area contributed by atoms with Crippen LogP contribution in [-0.2, 0) is 14.8 Å². The Morgan fingerprint density at radius 3 is 2.43 bits per heavy atom. The summed E-state index contributed by atoms with van der Waals surface area (Å²) in [5, 5.41) is 9.49. The lowest BCUT2D eigenvalue weighted by Crippen LogP contribution is -2.25. The summed E-state index contributed by atoms with van der Waals surface area (Å²) in [6.07, 6.45) is 1.27. The van der Waals surface area contributed by atoms with E-state index in [9.17, 15) is 13.2 Å². The van der Waals surface area contributed by atoms with Crippen molar-refractivity contribution in [1.29, 1.82) is 0 Å². The van der Waals surface area contributed by atoms with E-state index >= 15 is 0 Å². The monoisotopic (exact) mass is 379 g/mol. The minimum absolute atomic E-state index is 0.192. The van der Waals surface area contributed by atoms with Gasteiger partial charge in [-0.1, -0.05) is 11.6 Å². The molecule has 0 unspecified atom stereocenters. The second-order valence-electron chi connectivity index (χ2n) is 5.76. The van der Waals surface area contributed by atoms with Gasteiger partial charge >= 0.3 is 5.97 Å². The minimum atomic E-state index is -3.50. The van der Waals surface area contributed by atoms with Crippen molar-refractivity contribution in [1.82, 2.24) is 4.72 Å². The van der Waals surface area contributed by atoms with Crippen LogP contribution in [0.1, 0.15) is 26.7 Å². The first-order valence-corrected chi connectivity index (χ1v) is 10.2. The average molecular weight is 380 g/mol. The fourth-order valence-electron chi connectivity index (χ4n) is 1.61. The van der Waals surface area contributed by atoms with Crippen LogP contribution < -0.4 is 4.72 Å². The first kappa shape index (κ1) is 20.3. The molecule has 0 bridgehead atoms. The molecule has 0 aliphatic carbocycles. The average Bonchev–Trinajstić information content (AvgIpc) is 2.46. The number of halogens is 1. The maximum atomic E-state index is 12.0. The number of aliphatic carboxylic acids is 1. The summed E-state index contributed by atoms with van der Waals surface area (Å²) >= 11 is 7.36. The number of carboxylic acids is 1. The molecule has 8 heteroatoms. The third-order valence-corrected chi connectivity index (χ3v) is 6.13. The zero-order valence-corrected chi connectivity index (χ0v) is 15.6. The first-order valence-electron chi connectivity index (χ1n) is 7.21. The van der Waals surface area contributed by atoms with Gasteiger partial charge in [-0.15, -0.1) is 0 Å². The summed E-state index contributed by atoms with van der Waals surface area (Å²) in [5.74, 6) is 0.719. The molecule has 0 aliphatic rings. The Morgan fingerprint density at radius 2 is 1.87 bits per heavy atom. The van der Waals surface area contributed by atoms with Crippen LogP contribution >= 0.6 is 23.4 Å². The van der Waals surface area contributed by atoms with E-state index in [0.717, 1.165) is 11.5 Å². The van der Waals surface area contributed by atoms with E-state index in [2.05, 4.69) is 4.72 Å². The standard InChI is InChI=1S/C15H22ClNO4S2/c1-15(2,14(18)19)8-11-22-10-3-9-17-23(20,21)13-6-4-12(16)5-7-13/h4-7,17H,3,8-11H2,1-2H3,(H,18,19).